The molecule has 3 heteroatoms. The first-order valence-electron chi connectivity index (χ1n) is 14.9. The summed E-state index contributed by atoms with van der Waals surface area (Å²) in [4.78, 5) is 12.9. The lowest BCUT2D eigenvalue weighted by molar-refractivity contribution is -0.140. The fourth-order valence-electron chi connectivity index (χ4n) is 5.52. The summed E-state index contributed by atoms with van der Waals surface area (Å²) in [7, 11) is 0. The number of hydrogen-bond donors (Lipinski definition) is 0. The third-order valence-corrected chi connectivity index (χ3v) is 8.24. The molecule has 0 bridgehead atoms. The Labute approximate surface area is 225 Å². The Balaban J connectivity index is 1.45. The highest BCUT2D eigenvalue weighted by Gasteiger charge is 2.29. The number of rotatable bonds is 14. The minimum absolute atomic E-state index is 0.0835. The largest absolute Gasteiger partial charge is 0.425 e. The first-order valence-corrected chi connectivity index (χ1v) is 14.9. The highest BCUT2D eigenvalue weighted by molar-refractivity contribution is 5.76. The molecule has 3 nitrogen and oxygen atoms in total. The summed E-state index contributed by atoms with van der Waals surface area (Å²) in [5.74, 6) is 1.38. The molecule has 1 fully saturated rings. The van der Waals surface area contributed by atoms with Gasteiger partial charge in [0.15, 0.2) is 0 Å². The van der Waals surface area contributed by atoms with Gasteiger partial charge in [0, 0.05) is 0 Å². The van der Waals surface area contributed by atoms with Crippen molar-refractivity contribution < 1.29 is 9.53 Å². The van der Waals surface area contributed by atoms with Gasteiger partial charge in [-0.3, -0.25) is 4.79 Å². The summed E-state index contributed by atoms with van der Waals surface area (Å²) in [6, 6.07) is 17.1. The summed E-state index contributed by atoms with van der Waals surface area (Å²) in [6.45, 7) is 6.80. The lowest BCUT2D eigenvalue weighted by atomic mass is 9.78. The predicted octanol–water partition coefficient (Wildman–Crippen LogP) is 9.32. The molecule has 1 aliphatic rings. The van der Waals surface area contributed by atoms with Crippen LogP contribution in [0.3, 0.4) is 0 Å². The highest BCUT2D eigenvalue weighted by atomic mass is 16.5. The molecule has 1 unspecified atom stereocenters. The van der Waals surface area contributed by atoms with E-state index < -0.39 is 0 Å². The molecular weight excluding hydrogens is 454 g/mol. The van der Waals surface area contributed by atoms with E-state index in [4.69, 9.17) is 4.74 Å². The molecule has 2 aromatic carbocycles. The van der Waals surface area contributed by atoms with E-state index in [9.17, 15) is 10.1 Å². The zero-order valence-corrected chi connectivity index (χ0v) is 23.4. The maximum Gasteiger partial charge on any atom is 0.314 e. The molecule has 37 heavy (non-hydrogen) atoms. The van der Waals surface area contributed by atoms with Gasteiger partial charge in [-0.15, -0.1) is 0 Å². The molecule has 0 saturated heterocycles. The van der Waals surface area contributed by atoms with Gasteiger partial charge >= 0.3 is 5.97 Å². The van der Waals surface area contributed by atoms with Crippen molar-refractivity contribution in [2.75, 3.05) is 0 Å². The molecule has 0 heterocycles. The normalized spacial score (nSPS) is 18.2. The molecule has 0 radical (unpaired) electrons. The van der Waals surface area contributed by atoms with Crippen molar-refractivity contribution in [1.29, 1.82) is 5.26 Å². The van der Waals surface area contributed by atoms with Gasteiger partial charge in [-0.1, -0.05) is 96.0 Å². The number of esters is 1. The Morgan fingerprint density at radius 1 is 0.919 bits per heavy atom. The molecule has 1 saturated carbocycles. The van der Waals surface area contributed by atoms with Crippen LogP contribution in [0.2, 0.25) is 0 Å². The Kier molecular flexibility index (Phi) is 12.2. The second kappa shape index (κ2) is 15.6. The number of nitrogens with zero attached hydrogens (tertiary/aromatic N) is 1. The Morgan fingerprint density at radius 3 is 2.22 bits per heavy atom. The Morgan fingerprint density at radius 2 is 1.57 bits per heavy atom. The number of unbranched alkanes of at least 4 members (excludes halogenated alkanes) is 6. The average Bonchev–Trinajstić information content (AvgIpc) is 2.93. The molecule has 2 aromatic rings. The molecule has 0 spiro atoms. The van der Waals surface area contributed by atoms with E-state index in [1.54, 1.807) is 0 Å². The number of hydrogen-bond acceptors (Lipinski definition) is 3. The number of aryl methyl sites for hydroxylation is 1. The second-order valence-electron chi connectivity index (χ2n) is 11.2. The summed E-state index contributed by atoms with van der Waals surface area (Å²) in [6.07, 6.45) is 15.9. The van der Waals surface area contributed by atoms with Gasteiger partial charge in [0.25, 0.3) is 0 Å². The number of benzene rings is 2. The van der Waals surface area contributed by atoms with Gasteiger partial charge < -0.3 is 4.74 Å². The van der Waals surface area contributed by atoms with Crippen LogP contribution in [0.5, 0.6) is 5.75 Å². The van der Waals surface area contributed by atoms with Crippen molar-refractivity contribution in [3.63, 3.8) is 0 Å². The van der Waals surface area contributed by atoms with E-state index >= 15 is 0 Å². The van der Waals surface area contributed by atoms with Gasteiger partial charge in [0.2, 0.25) is 0 Å². The summed E-state index contributed by atoms with van der Waals surface area (Å²) < 4.78 is 5.75. The standard InChI is InChI=1S/C34H47NO2/c1-4-6-7-8-9-10-11-12-27-15-22-33(32(24-27)25-35)37-34(36)31-20-18-30(19-21-31)29-16-13-28(14-17-29)23-26(3)5-2/h13-17,22,24,26,30-31H,4-12,18-21,23H2,1-3H3. The van der Waals surface area contributed by atoms with Gasteiger partial charge in [-0.2, -0.15) is 5.26 Å². The van der Waals surface area contributed by atoms with Gasteiger partial charge in [-0.25, -0.2) is 0 Å². The van der Waals surface area contributed by atoms with E-state index in [0.717, 1.165) is 56.4 Å². The molecule has 200 valence electrons. The van der Waals surface area contributed by atoms with E-state index in [1.165, 1.54) is 56.1 Å². The van der Waals surface area contributed by atoms with Crippen LogP contribution in [0.4, 0.5) is 0 Å². The minimum Gasteiger partial charge on any atom is -0.425 e. The summed E-state index contributed by atoms with van der Waals surface area (Å²) in [5.41, 5.74) is 4.43. The smallest absolute Gasteiger partial charge is 0.314 e. The van der Waals surface area contributed by atoms with E-state index in [2.05, 4.69) is 51.1 Å². The van der Waals surface area contributed by atoms with Gasteiger partial charge in [-0.05, 0) is 85.6 Å². The first kappa shape index (κ1) is 29.0. The maximum absolute atomic E-state index is 12.9. The minimum atomic E-state index is -0.182. The molecule has 0 aliphatic heterocycles. The SMILES string of the molecule is CCCCCCCCCc1ccc(OC(=O)C2CCC(c3ccc(CC(C)CC)cc3)CC2)c(C#N)c1. The monoisotopic (exact) mass is 501 g/mol. The van der Waals surface area contributed by atoms with Crippen LogP contribution in [-0.2, 0) is 17.6 Å². The van der Waals surface area contributed by atoms with Crippen LogP contribution in [0.15, 0.2) is 42.5 Å². The lowest BCUT2D eigenvalue weighted by Crippen LogP contribution is -2.25. The molecule has 0 N–H and O–H groups in total. The van der Waals surface area contributed by atoms with Crippen LogP contribution in [0, 0.1) is 23.2 Å². The summed E-state index contributed by atoms with van der Waals surface area (Å²) in [5, 5.41) is 9.66. The van der Waals surface area contributed by atoms with Crippen molar-refractivity contribution in [3.8, 4) is 11.8 Å². The zero-order valence-electron chi connectivity index (χ0n) is 23.4. The maximum atomic E-state index is 12.9. The van der Waals surface area contributed by atoms with Gasteiger partial charge in [0.05, 0.1) is 11.5 Å². The molecule has 3 rings (SSSR count). The Hall–Kier alpha value is -2.60. The third-order valence-electron chi connectivity index (χ3n) is 8.24. The number of nitriles is 1. The van der Waals surface area contributed by atoms with Crippen LogP contribution in [0.1, 0.15) is 126 Å². The first-order chi connectivity index (χ1) is 18.0. The number of ether oxygens (including phenoxy) is 1. The Bertz CT molecular complexity index is 995. The predicted molar refractivity (Wildman–Crippen MR) is 153 cm³/mol. The average molecular weight is 502 g/mol. The van der Waals surface area contributed by atoms with E-state index in [-0.39, 0.29) is 11.9 Å². The highest BCUT2D eigenvalue weighted by Crippen LogP contribution is 2.37. The molecular formula is C34H47NO2. The number of carbonyl (C=O) groups excluding carboxylic acids is 1. The molecule has 0 aromatic heterocycles. The van der Waals surface area contributed by atoms with Crippen LogP contribution in [0.25, 0.3) is 0 Å². The van der Waals surface area contributed by atoms with E-state index in [1.807, 2.05) is 18.2 Å². The van der Waals surface area contributed by atoms with Crippen molar-refractivity contribution in [3.05, 3.63) is 64.7 Å². The fourth-order valence-corrected chi connectivity index (χ4v) is 5.52. The van der Waals surface area contributed by atoms with Crippen molar-refractivity contribution in [1.82, 2.24) is 0 Å². The zero-order chi connectivity index (χ0) is 26.5. The topological polar surface area (TPSA) is 50.1 Å². The summed E-state index contributed by atoms with van der Waals surface area (Å²) >= 11 is 0. The van der Waals surface area contributed by atoms with Crippen LogP contribution < -0.4 is 4.74 Å². The van der Waals surface area contributed by atoms with Crippen molar-refractivity contribution in [2.45, 2.75) is 117 Å². The number of carbonyl (C=O) groups is 1. The lowest BCUT2D eigenvalue weighted by Gasteiger charge is -2.27. The second-order valence-corrected chi connectivity index (χ2v) is 11.2. The van der Waals surface area contributed by atoms with E-state index in [0.29, 0.717) is 17.2 Å². The molecule has 1 aliphatic carbocycles. The van der Waals surface area contributed by atoms with Crippen molar-refractivity contribution in [2.24, 2.45) is 11.8 Å². The van der Waals surface area contributed by atoms with Crippen LogP contribution >= 0.6 is 0 Å². The quantitative estimate of drug-likeness (QED) is 0.147. The molecule has 0 amide bonds. The van der Waals surface area contributed by atoms with Crippen molar-refractivity contribution >= 4 is 5.97 Å². The fraction of sp³-hybridized carbons (Fsp3) is 0.588. The molecule has 1 atom stereocenters. The third kappa shape index (κ3) is 9.33. The van der Waals surface area contributed by atoms with Crippen LogP contribution in [-0.4, -0.2) is 5.97 Å². The van der Waals surface area contributed by atoms with Gasteiger partial charge in [0.1, 0.15) is 11.8 Å².